The summed E-state index contributed by atoms with van der Waals surface area (Å²) in [4.78, 5) is 0. The number of aryl methyl sites for hydroxylation is 1. The maximum absolute atomic E-state index is 13.7. The fraction of sp³-hybridized carbons (Fsp3) is 0.455. The minimum absolute atomic E-state index is 0.0407. The van der Waals surface area contributed by atoms with Gasteiger partial charge in [-0.15, -0.1) is 0 Å². The second kappa shape index (κ2) is 5.63. The van der Waals surface area contributed by atoms with Crippen LogP contribution in [0.5, 0.6) is 0 Å². The van der Waals surface area contributed by atoms with E-state index < -0.39 is 0 Å². The van der Waals surface area contributed by atoms with E-state index in [9.17, 15) is 4.39 Å². The minimum atomic E-state index is -0.312. The summed E-state index contributed by atoms with van der Waals surface area (Å²) in [6, 6.07) is 0. The lowest BCUT2D eigenvalue weighted by Gasteiger charge is -2.01. The lowest BCUT2D eigenvalue weighted by Crippen LogP contribution is -2.04. The molecule has 0 spiro atoms. The van der Waals surface area contributed by atoms with Gasteiger partial charge in [0.05, 0.1) is 31.2 Å². The largest absolute Gasteiger partial charge is 0.394 e. The molecule has 2 aromatic heterocycles. The second-order valence-corrected chi connectivity index (χ2v) is 3.85. The highest BCUT2D eigenvalue weighted by Crippen LogP contribution is 2.10. The Hall–Kier alpha value is -1.89. The quantitative estimate of drug-likeness (QED) is 0.800. The van der Waals surface area contributed by atoms with Crippen LogP contribution < -0.4 is 5.32 Å². The Morgan fingerprint density at radius 3 is 2.89 bits per heavy atom. The molecule has 7 heteroatoms. The van der Waals surface area contributed by atoms with Crippen LogP contribution in [0.1, 0.15) is 12.5 Å². The van der Waals surface area contributed by atoms with Crippen LogP contribution in [0.25, 0.3) is 0 Å². The molecule has 0 bridgehead atoms. The number of aliphatic hydroxyl groups is 1. The SMILES string of the molecule is CCn1ncc(CNc2cnn(CCO)c2)c1F. The lowest BCUT2D eigenvalue weighted by molar-refractivity contribution is 0.269. The van der Waals surface area contributed by atoms with E-state index in [0.717, 1.165) is 5.69 Å². The molecule has 0 saturated heterocycles. The summed E-state index contributed by atoms with van der Waals surface area (Å²) >= 11 is 0. The molecule has 6 nitrogen and oxygen atoms in total. The normalized spacial score (nSPS) is 10.8. The second-order valence-electron chi connectivity index (χ2n) is 3.85. The molecule has 2 rings (SSSR count). The Labute approximate surface area is 104 Å². The summed E-state index contributed by atoms with van der Waals surface area (Å²) in [5, 5.41) is 19.8. The molecular formula is C11H16FN5O. The van der Waals surface area contributed by atoms with Crippen molar-refractivity contribution >= 4 is 5.69 Å². The summed E-state index contributed by atoms with van der Waals surface area (Å²) in [6.07, 6.45) is 4.92. The molecular weight excluding hydrogens is 237 g/mol. The average molecular weight is 253 g/mol. The third-order valence-electron chi connectivity index (χ3n) is 2.59. The Bertz CT molecular complexity index is 507. The van der Waals surface area contributed by atoms with Gasteiger partial charge in [-0.2, -0.15) is 14.6 Å². The first-order valence-electron chi connectivity index (χ1n) is 5.82. The highest BCUT2D eigenvalue weighted by atomic mass is 19.1. The van der Waals surface area contributed by atoms with Crippen LogP contribution in [-0.2, 0) is 19.6 Å². The Balaban J connectivity index is 1.95. The molecule has 0 atom stereocenters. The fourth-order valence-corrected chi connectivity index (χ4v) is 1.63. The number of aliphatic hydroxyl groups excluding tert-OH is 1. The molecule has 2 aromatic rings. The summed E-state index contributed by atoms with van der Waals surface area (Å²) in [7, 11) is 0. The van der Waals surface area contributed by atoms with Crippen LogP contribution in [0, 0.1) is 5.95 Å². The standard InChI is InChI=1S/C11H16FN5O/c1-2-17-11(12)9(6-15-17)5-13-10-7-14-16(8-10)3-4-18/h6-8,13,18H,2-5H2,1H3. The number of nitrogens with one attached hydrogen (secondary N) is 1. The molecule has 0 unspecified atom stereocenters. The first-order chi connectivity index (χ1) is 8.74. The van der Waals surface area contributed by atoms with Crippen molar-refractivity contribution in [3.05, 3.63) is 30.1 Å². The molecule has 2 N–H and O–H groups in total. The number of nitrogens with zero attached hydrogens (tertiary/aromatic N) is 4. The number of aromatic nitrogens is 4. The molecule has 0 aliphatic rings. The van der Waals surface area contributed by atoms with Gasteiger partial charge in [-0.3, -0.25) is 4.68 Å². The monoisotopic (exact) mass is 253 g/mol. The van der Waals surface area contributed by atoms with Gasteiger partial charge in [-0.05, 0) is 6.92 Å². The number of rotatable bonds is 6. The van der Waals surface area contributed by atoms with Crippen molar-refractivity contribution in [2.24, 2.45) is 0 Å². The van der Waals surface area contributed by atoms with Crippen molar-refractivity contribution in [3.63, 3.8) is 0 Å². The zero-order valence-electron chi connectivity index (χ0n) is 10.2. The molecule has 0 radical (unpaired) electrons. The summed E-state index contributed by atoms with van der Waals surface area (Å²) < 4.78 is 16.6. The molecule has 0 fully saturated rings. The smallest absolute Gasteiger partial charge is 0.216 e. The van der Waals surface area contributed by atoms with E-state index in [1.165, 1.54) is 10.9 Å². The van der Waals surface area contributed by atoms with Gasteiger partial charge >= 0.3 is 0 Å². The molecule has 0 aliphatic carbocycles. The summed E-state index contributed by atoms with van der Waals surface area (Å²) in [6.45, 7) is 3.20. The van der Waals surface area contributed by atoms with Gasteiger partial charge < -0.3 is 10.4 Å². The van der Waals surface area contributed by atoms with E-state index >= 15 is 0 Å². The number of halogens is 1. The average Bonchev–Trinajstić information content (AvgIpc) is 2.94. The zero-order chi connectivity index (χ0) is 13.0. The Morgan fingerprint density at radius 1 is 1.39 bits per heavy atom. The van der Waals surface area contributed by atoms with Crippen LogP contribution in [-0.4, -0.2) is 31.3 Å². The highest BCUT2D eigenvalue weighted by molar-refractivity contribution is 5.38. The third-order valence-corrected chi connectivity index (χ3v) is 2.59. The molecule has 0 aromatic carbocycles. The van der Waals surface area contributed by atoms with Crippen LogP contribution in [0.4, 0.5) is 10.1 Å². The van der Waals surface area contributed by atoms with E-state index in [4.69, 9.17) is 5.11 Å². The third kappa shape index (κ3) is 2.67. The van der Waals surface area contributed by atoms with E-state index in [1.807, 2.05) is 6.92 Å². The van der Waals surface area contributed by atoms with Gasteiger partial charge in [0, 0.05) is 24.8 Å². The van der Waals surface area contributed by atoms with Gasteiger partial charge in [0.1, 0.15) is 0 Å². The maximum atomic E-state index is 13.7. The molecule has 0 amide bonds. The lowest BCUT2D eigenvalue weighted by atomic mass is 10.3. The number of hydrogen-bond acceptors (Lipinski definition) is 4. The summed E-state index contributed by atoms with van der Waals surface area (Å²) in [5.41, 5.74) is 1.30. The zero-order valence-corrected chi connectivity index (χ0v) is 10.2. The summed E-state index contributed by atoms with van der Waals surface area (Å²) in [5.74, 6) is -0.312. The van der Waals surface area contributed by atoms with Gasteiger partial charge in [0.2, 0.25) is 5.95 Å². The van der Waals surface area contributed by atoms with Crippen LogP contribution in [0.3, 0.4) is 0 Å². The van der Waals surface area contributed by atoms with Crippen molar-refractivity contribution in [2.45, 2.75) is 26.6 Å². The Morgan fingerprint density at radius 2 is 2.22 bits per heavy atom. The molecule has 98 valence electrons. The first-order valence-corrected chi connectivity index (χ1v) is 5.82. The van der Waals surface area contributed by atoms with Gasteiger partial charge in [-0.1, -0.05) is 0 Å². The predicted molar refractivity (Wildman–Crippen MR) is 64.5 cm³/mol. The van der Waals surface area contributed by atoms with Crippen LogP contribution in [0.2, 0.25) is 0 Å². The first kappa shape index (κ1) is 12.6. The van der Waals surface area contributed by atoms with E-state index in [2.05, 4.69) is 15.5 Å². The van der Waals surface area contributed by atoms with Crippen molar-refractivity contribution in [3.8, 4) is 0 Å². The Kier molecular flexibility index (Phi) is 3.93. The van der Waals surface area contributed by atoms with Crippen molar-refractivity contribution in [1.82, 2.24) is 19.6 Å². The van der Waals surface area contributed by atoms with E-state index in [-0.39, 0.29) is 12.6 Å². The number of anilines is 1. The van der Waals surface area contributed by atoms with Crippen LogP contribution >= 0.6 is 0 Å². The number of hydrogen-bond donors (Lipinski definition) is 2. The van der Waals surface area contributed by atoms with Gasteiger partial charge in [0.15, 0.2) is 0 Å². The molecule has 0 aliphatic heterocycles. The molecule has 0 saturated carbocycles. The van der Waals surface area contributed by atoms with Crippen molar-refractivity contribution in [2.75, 3.05) is 11.9 Å². The minimum Gasteiger partial charge on any atom is -0.394 e. The highest BCUT2D eigenvalue weighted by Gasteiger charge is 2.08. The van der Waals surface area contributed by atoms with Gasteiger partial charge in [0.25, 0.3) is 0 Å². The molecule has 2 heterocycles. The van der Waals surface area contributed by atoms with Crippen molar-refractivity contribution in [1.29, 1.82) is 0 Å². The maximum Gasteiger partial charge on any atom is 0.216 e. The topological polar surface area (TPSA) is 67.9 Å². The van der Waals surface area contributed by atoms with Crippen molar-refractivity contribution < 1.29 is 9.50 Å². The fourth-order valence-electron chi connectivity index (χ4n) is 1.63. The van der Waals surface area contributed by atoms with E-state index in [1.54, 1.807) is 17.1 Å². The van der Waals surface area contributed by atoms with Crippen LogP contribution in [0.15, 0.2) is 18.6 Å². The molecule has 18 heavy (non-hydrogen) atoms. The predicted octanol–water partition coefficient (Wildman–Crippen LogP) is 0.843. The van der Waals surface area contributed by atoms with E-state index in [0.29, 0.717) is 25.2 Å². The van der Waals surface area contributed by atoms with Gasteiger partial charge in [-0.25, -0.2) is 4.68 Å².